The molecule has 0 atom stereocenters. The van der Waals surface area contributed by atoms with E-state index in [1.165, 1.54) is 0 Å². The number of hydrogen-bond donors (Lipinski definition) is 3. The molecule has 0 saturated carbocycles. The Bertz CT molecular complexity index is 947. The van der Waals surface area contributed by atoms with E-state index in [9.17, 15) is 0 Å². The van der Waals surface area contributed by atoms with Crippen molar-refractivity contribution in [3.8, 4) is 0 Å². The predicted octanol–water partition coefficient (Wildman–Crippen LogP) is 1.49. The first-order valence-electron chi connectivity index (χ1n) is 6.69. The molecule has 8 nitrogen and oxygen atoms in total. The lowest BCUT2D eigenvalue weighted by atomic mass is 10.1. The van der Waals surface area contributed by atoms with Gasteiger partial charge in [0.05, 0.1) is 11.6 Å². The quantitative estimate of drug-likeness (QED) is 0.523. The fraction of sp³-hybridized carbons (Fsp3) is 0.0714. The van der Waals surface area contributed by atoms with Crippen LogP contribution in [0.4, 0.5) is 11.6 Å². The fourth-order valence-electron chi connectivity index (χ4n) is 2.38. The second kappa shape index (κ2) is 4.92. The number of nitrogen functional groups attached to an aromatic ring is 1. The summed E-state index contributed by atoms with van der Waals surface area (Å²) in [5.74, 6) is 0.995. The molecule has 108 valence electrons. The molecule has 0 radical (unpaired) electrons. The Balaban J connectivity index is 1.79. The van der Waals surface area contributed by atoms with Crippen LogP contribution in [0.15, 0.2) is 36.9 Å². The third-order valence-corrected chi connectivity index (χ3v) is 3.46. The Hall–Kier alpha value is -3.29. The van der Waals surface area contributed by atoms with E-state index in [2.05, 4.69) is 35.7 Å². The van der Waals surface area contributed by atoms with E-state index in [-0.39, 0.29) is 0 Å². The van der Waals surface area contributed by atoms with Crippen molar-refractivity contribution in [3.05, 3.63) is 42.5 Å². The summed E-state index contributed by atoms with van der Waals surface area (Å²) in [6.45, 7) is 0.611. The monoisotopic (exact) mass is 292 g/mol. The van der Waals surface area contributed by atoms with Crippen LogP contribution in [0.1, 0.15) is 5.56 Å². The van der Waals surface area contributed by atoms with Gasteiger partial charge in [0.15, 0.2) is 17.3 Å². The topological polar surface area (TPSA) is 118 Å². The molecular formula is C14H12N8. The first-order chi connectivity index (χ1) is 10.8. The summed E-state index contributed by atoms with van der Waals surface area (Å²) in [7, 11) is 0. The first kappa shape index (κ1) is 12.5. The van der Waals surface area contributed by atoms with Gasteiger partial charge < -0.3 is 11.1 Å². The van der Waals surface area contributed by atoms with Gasteiger partial charge in [0.1, 0.15) is 0 Å². The summed E-state index contributed by atoms with van der Waals surface area (Å²) in [5.41, 5.74) is 7.75. The molecule has 0 bridgehead atoms. The van der Waals surface area contributed by atoms with Gasteiger partial charge in [0, 0.05) is 35.9 Å². The van der Waals surface area contributed by atoms with E-state index < -0.39 is 0 Å². The zero-order valence-corrected chi connectivity index (χ0v) is 11.5. The van der Waals surface area contributed by atoms with Crippen LogP contribution in [0.3, 0.4) is 0 Å². The van der Waals surface area contributed by atoms with Crippen LogP contribution in [0, 0.1) is 0 Å². The van der Waals surface area contributed by atoms with Crippen molar-refractivity contribution >= 4 is 33.4 Å². The van der Waals surface area contributed by atoms with Crippen molar-refractivity contribution in [2.75, 3.05) is 11.1 Å². The summed E-state index contributed by atoms with van der Waals surface area (Å²) in [6.07, 6.45) is 6.91. The van der Waals surface area contributed by atoms with Crippen molar-refractivity contribution in [1.82, 2.24) is 30.4 Å². The highest BCUT2D eigenvalue weighted by atomic mass is 15.2. The summed E-state index contributed by atoms with van der Waals surface area (Å²) in [6, 6.07) is 3.87. The van der Waals surface area contributed by atoms with Crippen molar-refractivity contribution < 1.29 is 0 Å². The number of nitrogens with zero attached hydrogens (tertiary/aromatic N) is 5. The zero-order valence-electron chi connectivity index (χ0n) is 11.5. The maximum Gasteiger partial charge on any atom is 0.158 e. The van der Waals surface area contributed by atoms with Crippen molar-refractivity contribution in [2.45, 2.75) is 6.54 Å². The van der Waals surface area contributed by atoms with E-state index in [4.69, 9.17) is 5.73 Å². The van der Waals surface area contributed by atoms with Gasteiger partial charge in [-0.2, -0.15) is 5.10 Å². The molecule has 8 heteroatoms. The molecule has 0 unspecified atom stereocenters. The van der Waals surface area contributed by atoms with Crippen LogP contribution in [0.2, 0.25) is 0 Å². The van der Waals surface area contributed by atoms with Gasteiger partial charge in [0.2, 0.25) is 0 Å². The van der Waals surface area contributed by atoms with Gasteiger partial charge in [-0.15, -0.1) is 10.2 Å². The second-order valence-corrected chi connectivity index (χ2v) is 4.82. The van der Waals surface area contributed by atoms with Crippen LogP contribution in [0.25, 0.3) is 21.8 Å². The van der Waals surface area contributed by atoms with Crippen LogP contribution in [0.5, 0.6) is 0 Å². The lowest BCUT2D eigenvalue weighted by Gasteiger charge is -2.09. The molecule has 4 heterocycles. The van der Waals surface area contributed by atoms with Crippen LogP contribution in [-0.2, 0) is 6.54 Å². The minimum Gasteiger partial charge on any atom is -0.382 e. The zero-order chi connectivity index (χ0) is 14.9. The first-order valence-corrected chi connectivity index (χ1v) is 6.69. The molecule has 0 spiro atoms. The number of aromatic nitrogens is 6. The van der Waals surface area contributed by atoms with Gasteiger partial charge in [-0.25, -0.2) is 4.98 Å². The summed E-state index contributed by atoms with van der Waals surface area (Å²) in [5, 5.41) is 20.7. The molecule has 0 amide bonds. The van der Waals surface area contributed by atoms with Gasteiger partial charge in [-0.05, 0) is 17.7 Å². The SMILES string of the molecule is Nc1nnc(NCc2ccncc2)c2cnc3[nH]ncc3c12. The normalized spacial score (nSPS) is 11.1. The molecule has 0 aliphatic heterocycles. The minimum absolute atomic E-state index is 0.360. The summed E-state index contributed by atoms with van der Waals surface area (Å²) >= 11 is 0. The molecule has 22 heavy (non-hydrogen) atoms. The Morgan fingerprint density at radius 2 is 1.95 bits per heavy atom. The third kappa shape index (κ3) is 1.97. The maximum atomic E-state index is 5.98. The number of nitrogens with one attached hydrogen (secondary N) is 2. The summed E-state index contributed by atoms with van der Waals surface area (Å²) < 4.78 is 0. The molecule has 0 saturated heterocycles. The number of rotatable bonds is 3. The number of pyridine rings is 2. The third-order valence-electron chi connectivity index (χ3n) is 3.46. The number of hydrogen-bond acceptors (Lipinski definition) is 7. The Kier molecular flexibility index (Phi) is 2.78. The van der Waals surface area contributed by atoms with E-state index in [0.29, 0.717) is 23.8 Å². The smallest absolute Gasteiger partial charge is 0.158 e. The predicted molar refractivity (Wildman–Crippen MR) is 83.0 cm³/mol. The van der Waals surface area contributed by atoms with Gasteiger partial charge in [0.25, 0.3) is 0 Å². The lowest BCUT2D eigenvalue weighted by molar-refractivity contribution is 1.02. The molecular weight excluding hydrogens is 280 g/mol. The number of fused-ring (bicyclic) bond motifs is 3. The molecule has 4 N–H and O–H groups in total. The Morgan fingerprint density at radius 1 is 1.09 bits per heavy atom. The van der Waals surface area contributed by atoms with Crippen LogP contribution < -0.4 is 11.1 Å². The summed E-state index contributed by atoms with van der Waals surface area (Å²) in [4.78, 5) is 8.33. The number of anilines is 2. The highest BCUT2D eigenvalue weighted by molar-refractivity contribution is 6.12. The van der Waals surface area contributed by atoms with Crippen LogP contribution in [-0.4, -0.2) is 30.4 Å². The van der Waals surface area contributed by atoms with E-state index in [0.717, 1.165) is 21.7 Å². The highest BCUT2D eigenvalue weighted by Gasteiger charge is 2.12. The lowest BCUT2D eigenvalue weighted by Crippen LogP contribution is -2.05. The Labute approximate surface area is 124 Å². The molecule has 4 rings (SSSR count). The van der Waals surface area contributed by atoms with Gasteiger partial charge in [-0.1, -0.05) is 0 Å². The van der Waals surface area contributed by atoms with E-state index >= 15 is 0 Å². The molecule has 0 aliphatic rings. The van der Waals surface area contributed by atoms with Crippen molar-refractivity contribution in [2.24, 2.45) is 0 Å². The molecule has 4 aromatic rings. The van der Waals surface area contributed by atoms with Crippen LogP contribution >= 0.6 is 0 Å². The average Bonchev–Trinajstić information content (AvgIpc) is 3.03. The molecule has 4 aromatic heterocycles. The number of aromatic amines is 1. The highest BCUT2D eigenvalue weighted by Crippen LogP contribution is 2.29. The fourth-order valence-corrected chi connectivity index (χ4v) is 2.38. The average molecular weight is 292 g/mol. The molecule has 0 aliphatic carbocycles. The number of nitrogens with two attached hydrogens (primary N) is 1. The van der Waals surface area contributed by atoms with Gasteiger partial charge in [-0.3, -0.25) is 10.1 Å². The van der Waals surface area contributed by atoms with E-state index in [1.807, 2.05) is 12.1 Å². The molecule has 0 aromatic carbocycles. The minimum atomic E-state index is 0.360. The second-order valence-electron chi connectivity index (χ2n) is 4.82. The van der Waals surface area contributed by atoms with Crippen molar-refractivity contribution in [3.63, 3.8) is 0 Å². The Morgan fingerprint density at radius 3 is 2.82 bits per heavy atom. The largest absolute Gasteiger partial charge is 0.382 e. The van der Waals surface area contributed by atoms with Gasteiger partial charge >= 0.3 is 0 Å². The maximum absolute atomic E-state index is 5.98. The standard InChI is InChI=1S/C14H12N8/c15-12-11-9(6-18-13-10(11)7-19-21-13)14(22-20-12)17-5-8-1-3-16-4-2-8/h1-4,6-7H,5H2,(H2,15,20)(H,17,22)(H,18,19,21). The van der Waals surface area contributed by atoms with E-state index in [1.54, 1.807) is 24.8 Å². The van der Waals surface area contributed by atoms with Crippen molar-refractivity contribution in [1.29, 1.82) is 0 Å². The molecule has 0 fully saturated rings. The number of H-pyrrole nitrogens is 1.